The lowest BCUT2D eigenvalue weighted by Gasteiger charge is -2.17. The number of fused-ring (bicyclic) bond motifs is 2. The topological polar surface area (TPSA) is 104 Å². The van der Waals surface area contributed by atoms with E-state index < -0.39 is 0 Å². The molecule has 160 valence electrons. The van der Waals surface area contributed by atoms with E-state index in [1.807, 2.05) is 37.4 Å². The number of hydrogen-bond donors (Lipinski definition) is 0. The van der Waals surface area contributed by atoms with E-state index in [2.05, 4.69) is 32.2 Å². The van der Waals surface area contributed by atoms with Crippen molar-refractivity contribution in [3.05, 3.63) is 42.0 Å². The number of ether oxygens (including phenoxy) is 2. The monoisotopic (exact) mass is 421 g/mol. The minimum Gasteiger partial charge on any atom is -0.454 e. The second-order valence-corrected chi connectivity index (χ2v) is 7.43. The molecule has 4 aromatic rings. The molecule has 0 atom stereocenters. The highest BCUT2D eigenvalue weighted by Gasteiger charge is 2.17. The molecule has 1 aromatic carbocycles. The van der Waals surface area contributed by atoms with Gasteiger partial charge in [0.25, 0.3) is 0 Å². The van der Waals surface area contributed by atoms with Gasteiger partial charge in [0.1, 0.15) is 5.82 Å². The van der Waals surface area contributed by atoms with E-state index in [0.717, 1.165) is 42.3 Å². The molecule has 0 bridgehead atoms. The molecule has 0 spiro atoms. The van der Waals surface area contributed by atoms with Crippen molar-refractivity contribution >= 4 is 11.5 Å². The smallest absolute Gasteiger partial charge is 0.231 e. The molecule has 4 heterocycles. The Bertz CT molecular complexity index is 1200. The Morgan fingerprint density at radius 2 is 1.97 bits per heavy atom. The zero-order chi connectivity index (χ0) is 21.2. The summed E-state index contributed by atoms with van der Waals surface area (Å²) in [5.74, 6) is 4.09. The summed E-state index contributed by atoms with van der Waals surface area (Å²) in [7, 11) is 2.05. The fraction of sp³-hybridized carbons (Fsp3) is 0.381. The highest BCUT2D eigenvalue weighted by Crippen LogP contribution is 2.35. The number of anilines is 1. The Morgan fingerprint density at radius 3 is 2.87 bits per heavy atom. The molecule has 10 heteroatoms. The number of rotatable bonds is 8. The van der Waals surface area contributed by atoms with E-state index >= 15 is 0 Å². The number of aromatic nitrogens is 6. The van der Waals surface area contributed by atoms with Crippen LogP contribution in [0.25, 0.3) is 17.0 Å². The molecule has 10 nitrogen and oxygen atoms in total. The van der Waals surface area contributed by atoms with E-state index in [-0.39, 0.29) is 6.79 Å². The van der Waals surface area contributed by atoms with Crippen LogP contribution in [0.2, 0.25) is 0 Å². The average Bonchev–Trinajstić information content (AvgIpc) is 3.54. The molecule has 1 aliphatic heterocycles. The third-order valence-corrected chi connectivity index (χ3v) is 5.21. The predicted molar refractivity (Wildman–Crippen MR) is 112 cm³/mol. The summed E-state index contributed by atoms with van der Waals surface area (Å²) in [5, 5.41) is 17.3. The van der Waals surface area contributed by atoms with Gasteiger partial charge in [0.05, 0.1) is 0 Å². The maximum absolute atomic E-state index is 5.44. The largest absolute Gasteiger partial charge is 0.454 e. The first-order valence-corrected chi connectivity index (χ1v) is 10.4. The van der Waals surface area contributed by atoms with Crippen molar-refractivity contribution in [2.45, 2.75) is 32.6 Å². The van der Waals surface area contributed by atoms with Crippen LogP contribution < -0.4 is 14.4 Å². The Hall–Kier alpha value is -3.69. The Morgan fingerprint density at radius 1 is 1.06 bits per heavy atom. The molecular formula is C21H23N7O3. The predicted octanol–water partition coefficient (Wildman–Crippen LogP) is 2.92. The van der Waals surface area contributed by atoms with Crippen molar-refractivity contribution in [1.82, 2.24) is 30.0 Å². The third kappa shape index (κ3) is 3.88. The molecule has 0 fully saturated rings. The summed E-state index contributed by atoms with van der Waals surface area (Å²) < 4.78 is 18.0. The van der Waals surface area contributed by atoms with Gasteiger partial charge in [-0.15, -0.1) is 15.3 Å². The van der Waals surface area contributed by atoms with E-state index in [1.165, 1.54) is 0 Å². The molecule has 0 saturated heterocycles. The van der Waals surface area contributed by atoms with Gasteiger partial charge in [0, 0.05) is 32.0 Å². The number of hydrogen-bond acceptors (Lipinski definition) is 9. The summed E-state index contributed by atoms with van der Waals surface area (Å²) in [6.07, 6.45) is 3.38. The summed E-state index contributed by atoms with van der Waals surface area (Å²) in [5.41, 5.74) is 1.53. The van der Waals surface area contributed by atoms with Crippen LogP contribution in [0.4, 0.5) is 5.82 Å². The number of unbranched alkanes of at least 4 members (excludes halogenated alkanes) is 1. The van der Waals surface area contributed by atoms with Gasteiger partial charge >= 0.3 is 0 Å². The standard InChI is InChI=1S/C21H23N7O3/c1-3-4-11-27(2)19-8-7-17-23-24-18(28(17)25-19)9-10-20-22-21(26-31-20)14-5-6-15-16(12-14)30-13-29-15/h5-8,12H,3-4,9-11,13H2,1-2H3. The number of nitrogens with zero attached hydrogens (tertiary/aromatic N) is 7. The lowest BCUT2D eigenvalue weighted by atomic mass is 10.2. The molecule has 5 rings (SSSR count). The quantitative estimate of drug-likeness (QED) is 0.425. The third-order valence-electron chi connectivity index (χ3n) is 5.21. The van der Waals surface area contributed by atoms with Crippen LogP contribution in [0.1, 0.15) is 31.5 Å². The molecular weight excluding hydrogens is 398 g/mol. The first-order chi connectivity index (χ1) is 15.2. The van der Waals surface area contributed by atoms with Crippen LogP contribution >= 0.6 is 0 Å². The Balaban J connectivity index is 1.30. The molecule has 1 aliphatic rings. The molecule has 0 saturated carbocycles. The summed E-state index contributed by atoms with van der Waals surface area (Å²) in [4.78, 5) is 6.65. The average molecular weight is 421 g/mol. The molecule has 0 unspecified atom stereocenters. The van der Waals surface area contributed by atoms with Crippen molar-refractivity contribution < 1.29 is 14.0 Å². The fourth-order valence-corrected chi connectivity index (χ4v) is 3.42. The Kier molecular flexibility index (Phi) is 5.11. The molecule has 0 radical (unpaired) electrons. The van der Waals surface area contributed by atoms with E-state index in [1.54, 1.807) is 4.52 Å². The van der Waals surface area contributed by atoms with Gasteiger partial charge in [-0.3, -0.25) is 0 Å². The van der Waals surface area contributed by atoms with Crippen molar-refractivity contribution in [3.8, 4) is 22.9 Å². The highest BCUT2D eigenvalue weighted by atomic mass is 16.7. The first kappa shape index (κ1) is 19.3. The second kappa shape index (κ2) is 8.21. The van der Waals surface area contributed by atoms with Gasteiger partial charge in [-0.1, -0.05) is 18.5 Å². The number of aryl methyl sites for hydroxylation is 2. The van der Waals surface area contributed by atoms with Gasteiger partial charge in [0.2, 0.25) is 18.5 Å². The molecule has 3 aromatic heterocycles. The summed E-state index contributed by atoms with van der Waals surface area (Å²) in [6, 6.07) is 9.49. The molecule has 0 amide bonds. The van der Waals surface area contributed by atoms with Gasteiger partial charge in [-0.2, -0.15) is 9.50 Å². The normalized spacial score (nSPS) is 12.6. The lowest BCUT2D eigenvalue weighted by Crippen LogP contribution is -2.20. The fourth-order valence-electron chi connectivity index (χ4n) is 3.42. The lowest BCUT2D eigenvalue weighted by molar-refractivity contribution is 0.174. The van der Waals surface area contributed by atoms with E-state index in [4.69, 9.17) is 19.1 Å². The number of benzene rings is 1. The minimum absolute atomic E-state index is 0.229. The zero-order valence-electron chi connectivity index (χ0n) is 17.5. The van der Waals surface area contributed by atoms with Crippen LogP contribution in [0.15, 0.2) is 34.9 Å². The Labute approximate surface area is 178 Å². The second-order valence-electron chi connectivity index (χ2n) is 7.43. The van der Waals surface area contributed by atoms with Crippen molar-refractivity contribution in [2.24, 2.45) is 0 Å². The van der Waals surface area contributed by atoms with Crippen molar-refractivity contribution in [3.63, 3.8) is 0 Å². The van der Waals surface area contributed by atoms with Crippen LogP contribution in [-0.2, 0) is 12.8 Å². The van der Waals surface area contributed by atoms with Crippen molar-refractivity contribution in [2.75, 3.05) is 25.3 Å². The molecule has 0 aliphatic carbocycles. The van der Waals surface area contributed by atoms with Crippen LogP contribution in [0, 0.1) is 0 Å². The highest BCUT2D eigenvalue weighted by molar-refractivity contribution is 5.61. The SMILES string of the molecule is CCCCN(C)c1ccc2nnc(CCc3nc(-c4ccc5c(c4)OCO5)no3)n2n1. The van der Waals surface area contributed by atoms with Crippen LogP contribution in [0.3, 0.4) is 0 Å². The van der Waals surface area contributed by atoms with Gasteiger partial charge in [0.15, 0.2) is 23.0 Å². The zero-order valence-corrected chi connectivity index (χ0v) is 17.5. The molecule has 0 N–H and O–H groups in total. The van der Waals surface area contributed by atoms with Crippen molar-refractivity contribution in [1.29, 1.82) is 0 Å². The van der Waals surface area contributed by atoms with Gasteiger partial charge in [-0.05, 0) is 36.8 Å². The maximum Gasteiger partial charge on any atom is 0.231 e. The minimum atomic E-state index is 0.229. The molecule has 31 heavy (non-hydrogen) atoms. The van der Waals surface area contributed by atoms with E-state index in [9.17, 15) is 0 Å². The van der Waals surface area contributed by atoms with Gasteiger partial charge < -0.3 is 18.9 Å². The first-order valence-electron chi connectivity index (χ1n) is 10.4. The van der Waals surface area contributed by atoms with Crippen LogP contribution in [-0.4, -0.2) is 50.3 Å². The van der Waals surface area contributed by atoms with Crippen LogP contribution in [0.5, 0.6) is 11.5 Å². The summed E-state index contributed by atoms with van der Waals surface area (Å²) in [6.45, 7) is 3.36. The maximum atomic E-state index is 5.44. The van der Waals surface area contributed by atoms with Gasteiger partial charge in [-0.25, -0.2) is 0 Å². The summed E-state index contributed by atoms with van der Waals surface area (Å²) >= 11 is 0. The van der Waals surface area contributed by atoms with E-state index in [0.29, 0.717) is 36.0 Å².